The minimum Gasteiger partial charge on any atom is -0.365 e. The van der Waals surface area contributed by atoms with Crippen LogP contribution in [0.1, 0.15) is 26.8 Å². The number of carbonyl (C=O) groups excluding carboxylic acids is 2. The largest absolute Gasteiger partial charge is 0.433 e. The van der Waals surface area contributed by atoms with Gasteiger partial charge in [-0.2, -0.15) is 23.4 Å². The molecule has 188 valence electrons. The third-order valence-corrected chi connectivity index (χ3v) is 6.49. The van der Waals surface area contributed by atoms with Gasteiger partial charge in [-0.3, -0.25) is 29.1 Å². The van der Waals surface area contributed by atoms with Gasteiger partial charge in [-0.1, -0.05) is 0 Å². The van der Waals surface area contributed by atoms with Crippen LogP contribution in [-0.4, -0.2) is 41.3 Å². The van der Waals surface area contributed by atoms with Crippen LogP contribution in [0.15, 0.2) is 18.5 Å². The molecule has 0 spiro atoms. The van der Waals surface area contributed by atoms with E-state index in [-0.39, 0.29) is 37.7 Å². The molecule has 0 aromatic carbocycles. The van der Waals surface area contributed by atoms with Crippen molar-refractivity contribution in [2.75, 3.05) is 5.32 Å². The van der Waals surface area contributed by atoms with Crippen molar-refractivity contribution in [3.05, 3.63) is 50.5 Å². The maximum atomic E-state index is 13.6. The second kappa shape index (κ2) is 8.71. The summed E-state index contributed by atoms with van der Waals surface area (Å²) in [7, 11) is 1.61. The van der Waals surface area contributed by atoms with E-state index in [1.54, 1.807) is 14.0 Å². The van der Waals surface area contributed by atoms with E-state index in [1.807, 2.05) is 0 Å². The highest BCUT2D eigenvalue weighted by atomic mass is 32.1. The van der Waals surface area contributed by atoms with Gasteiger partial charge in [0.1, 0.15) is 33.8 Å². The number of hydrogen-bond donors (Lipinski definition) is 2. The molecule has 0 saturated heterocycles. The normalized spacial score (nSPS) is 11.7. The van der Waals surface area contributed by atoms with Gasteiger partial charge in [-0.05, 0) is 25.5 Å². The van der Waals surface area contributed by atoms with Crippen molar-refractivity contribution >= 4 is 44.7 Å². The van der Waals surface area contributed by atoms with Crippen molar-refractivity contribution in [1.29, 1.82) is 0 Å². The second-order valence-electron chi connectivity index (χ2n) is 7.77. The lowest BCUT2D eigenvalue weighted by Crippen LogP contribution is -2.21. The first-order valence-corrected chi connectivity index (χ1v) is 10.9. The fourth-order valence-corrected chi connectivity index (χ4v) is 4.61. The molecule has 0 aliphatic heterocycles. The van der Waals surface area contributed by atoms with E-state index in [9.17, 15) is 32.9 Å². The van der Waals surface area contributed by atoms with Crippen LogP contribution in [0.5, 0.6) is 0 Å². The van der Waals surface area contributed by atoms with Crippen molar-refractivity contribution < 1.29 is 27.7 Å². The molecular weight excluding hydrogens is 505 g/mol. The number of nitrogens with one attached hydrogen (secondary N) is 1. The number of hydrogen-bond acceptors (Lipinski definition) is 8. The van der Waals surface area contributed by atoms with Crippen LogP contribution in [0.2, 0.25) is 0 Å². The maximum Gasteiger partial charge on any atom is 0.433 e. The maximum absolute atomic E-state index is 13.6. The Morgan fingerprint density at radius 1 is 1.28 bits per heavy atom. The molecule has 0 bridgehead atoms. The van der Waals surface area contributed by atoms with Crippen LogP contribution >= 0.6 is 11.3 Å². The number of amides is 2. The summed E-state index contributed by atoms with van der Waals surface area (Å²) in [6.07, 6.45) is -2.35. The summed E-state index contributed by atoms with van der Waals surface area (Å²) in [4.78, 5) is 38.7. The molecule has 0 unspecified atom stereocenters. The standard InChI is InChI=1S/C20H17F3N8O4S/c1-8-12(31(34)35)6-30(28-8)7-14(32)27-16-15-10(11-5-25-29(3)9(11)2)4-13(20(21,22)23)26-19(15)36-17(16)18(24)33/h4-6H,7H2,1-3H3,(H2,24,33)(H,27,32). The fourth-order valence-electron chi connectivity index (χ4n) is 3.61. The number of fused-ring (bicyclic) bond motifs is 1. The summed E-state index contributed by atoms with van der Waals surface area (Å²) in [6.45, 7) is 2.57. The molecule has 36 heavy (non-hydrogen) atoms. The molecular formula is C20H17F3N8O4S. The first-order valence-electron chi connectivity index (χ1n) is 10.1. The molecule has 4 heterocycles. The van der Waals surface area contributed by atoms with E-state index in [4.69, 9.17) is 5.73 Å². The molecule has 0 fully saturated rings. The summed E-state index contributed by atoms with van der Waals surface area (Å²) in [6, 6.07) is 0.819. The summed E-state index contributed by atoms with van der Waals surface area (Å²) in [5, 5.41) is 21.6. The highest BCUT2D eigenvalue weighted by molar-refractivity contribution is 7.21. The van der Waals surface area contributed by atoms with Gasteiger partial charge in [0.25, 0.3) is 5.91 Å². The van der Waals surface area contributed by atoms with Gasteiger partial charge in [0.15, 0.2) is 0 Å². The molecule has 4 rings (SSSR count). The molecule has 4 aromatic heterocycles. The van der Waals surface area contributed by atoms with Gasteiger partial charge in [-0.25, -0.2) is 4.98 Å². The number of rotatable bonds is 6. The monoisotopic (exact) mass is 522 g/mol. The average Bonchev–Trinajstić information content (AvgIpc) is 3.42. The highest BCUT2D eigenvalue weighted by Gasteiger charge is 2.35. The molecule has 16 heteroatoms. The molecule has 0 saturated carbocycles. The van der Waals surface area contributed by atoms with Crippen molar-refractivity contribution in [1.82, 2.24) is 24.5 Å². The number of halogens is 3. The quantitative estimate of drug-likeness (QED) is 0.290. The molecule has 4 aromatic rings. The van der Waals surface area contributed by atoms with Crippen LogP contribution in [-0.2, 0) is 24.6 Å². The number of nitrogens with two attached hydrogens (primary N) is 1. The van der Waals surface area contributed by atoms with E-state index in [0.29, 0.717) is 22.6 Å². The first-order chi connectivity index (χ1) is 16.8. The predicted molar refractivity (Wildman–Crippen MR) is 122 cm³/mol. The number of alkyl halides is 3. The number of primary amides is 1. The molecule has 2 amide bonds. The Morgan fingerprint density at radius 2 is 1.97 bits per heavy atom. The van der Waals surface area contributed by atoms with Crippen LogP contribution in [0.25, 0.3) is 21.3 Å². The third kappa shape index (κ3) is 4.37. The number of nitrogens with zero attached hydrogens (tertiary/aromatic N) is 6. The van der Waals surface area contributed by atoms with Crippen LogP contribution in [0.3, 0.4) is 0 Å². The third-order valence-electron chi connectivity index (χ3n) is 5.39. The molecule has 0 aliphatic rings. The zero-order valence-electron chi connectivity index (χ0n) is 18.9. The zero-order chi connectivity index (χ0) is 26.5. The van der Waals surface area contributed by atoms with E-state index in [0.717, 1.165) is 16.9 Å². The lowest BCUT2D eigenvalue weighted by Gasteiger charge is -2.12. The second-order valence-corrected chi connectivity index (χ2v) is 8.77. The average molecular weight is 522 g/mol. The Hall–Kier alpha value is -4.34. The number of anilines is 1. The summed E-state index contributed by atoms with van der Waals surface area (Å²) >= 11 is 0.603. The van der Waals surface area contributed by atoms with Gasteiger partial charge in [0.2, 0.25) is 5.91 Å². The topological polar surface area (TPSA) is 164 Å². The van der Waals surface area contributed by atoms with Crippen LogP contribution < -0.4 is 11.1 Å². The van der Waals surface area contributed by atoms with Crippen LogP contribution in [0.4, 0.5) is 24.5 Å². The van der Waals surface area contributed by atoms with Crippen molar-refractivity contribution in [2.45, 2.75) is 26.6 Å². The number of carbonyl (C=O) groups is 2. The summed E-state index contributed by atoms with van der Waals surface area (Å²) in [5.41, 5.74) is 4.86. The number of thiophene rings is 1. The van der Waals surface area contributed by atoms with Crippen molar-refractivity contribution in [3.8, 4) is 11.1 Å². The minimum atomic E-state index is -4.79. The fraction of sp³-hybridized carbons (Fsp3) is 0.250. The summed E-state index contributed by atoms with van der Waals surface area (Å²) in [5.74, 6) is -1.73. The van der Waals surface area contributed by atoms with E-state index in [2.05, 4.69) is 20.5 Å². The van der Waals surface area contributed by atoms with Crippen molar-refractivity contribution in [3.63, 3.8) is 0 Å². The Labute approximate surface area is 203 Å². The number of aryl methyl sites for hydroxylation is 2. The van der Waals surface area contributed by atoms with E-state index >= 15 is 0 Å². The highest BCUT2D eigenvalue weighted by Crippen LogP contribution is 2.44. The van der Waals surface area contributed by atoms with Gasteiger partial charge < -0.3 is 11.1 Å². The minimum absolute atomic E-state index is 0.0440. The van der Waals surface area contributed by atoms with Gasteiger partial charge >= 0.3 is 11.9 Å². The predicted octanol–water partition coefficient (Wildman–Crippen LogP) is 3.17. The summed E-state index contributed by atoms with van der Waals surface area (Å²) < 4.78 is 43.4. The Kier molecular flexibility index (Phi) is 5.99. The Balaban J connectivity index is 1.87. The van der Waals surface area contributed by atoms with E-state index in [1.165, 1.54) is 17.8 Å². The van der Waals surface area contributed by atoms with Gasteiger partial charge in [0.05, 0.1) is 16.8 Å². The molecule has 0 atom stereocenters. The lowest BCUT2D eigenvalue weighted by atomic mass is 10.0. The lowest BCUT2D eigenvalue weighted by molar-refractivity contribution is -0.385. The van der Waals surface area contributed by atoms with Gasteiger partial charge in [-0.15, -0.1) is 11.3 Å². The molecule has 3 N–H and O–H groups in total. The molecule has 0 aliphatic carbocycles. The zero-order valence-corrected chi connectivity index (χ0v) is 19.7. The number of aromatic nitrogens is 5. The molecule has 12 nitrogen and oxygen atoms in total. The SMILES string of the molecule is Cc1nn(CC(=O)Nc2c(C(N)=O)sc3nc(C(F)(F)F)cc(-c4cnn(C)c4C)c23)cc1[N+](=O)[O-]. The Morgan fingerprint density at radius 3 is 2.50 bits per heavy atom. The smallest absolute Gasteiger partial charge is 0.365 e. The number of nitro groups is 1. The van der Waals surface area contributed by atoms with Crippen LogP contribution in [0, 0.1) is 24.0 Å². The van der Waals surface area contributed by atoms with Gasteiger partial charge in [0, 0.05) is 23.7 Å². The first kappa shape index (κ1) is 24.8. The number of pyridine rings is 1. The molecule has 0 radical (unpaired) electrons. The Bertz CT molecular complexity index is 1550. The van der Waals surface area contributed by atoms with E-state index < -0.39 is 35.2 Å². The van der Waals surface area contributed by atoms with Crippen molar-refractivity contribution in [2.24, 2.45) is 12.8 Å².